The number of anilines is 1. The molecule has 0 aliphatic rings. The molecule has 0 unspecified atom stereocenters. The van der Waals surface area contributed by atoms with Crippen LogP contribution in [0.4, 0.5) is 5.69 Å². The number of benzene rings is 3. The van der Waals surface area contributed by atoms with Crippen molar-refractivity contribution in [1.82, 2.24) is 4.72 Å². The number of carbonyl (C=O) groups excluding carboxylic acids is 2. The Bertz CT molecular complexity index is 1180. The van der Waals surface area contributed by atoms with Gasteiger partial charge in [0.05, 0.1) is 10.5 Å². The molecule has 0 aliphatic carbocycles. The lowest BCUT2D eigenvalue weighted by Crippen LogP contribution is -2.37. The number of rotatable bonds is 8. The van der Waals surface area contributed by atoms with Crippen LogP contribution in [0.15, 0.2) is 89.8 Å². The van der Waals surface area contributed by atoms with Gasteiger partial charge in [0.1, 0.15) is 0 Å². The van der Waals surface area contributed by atoms with Gasteiger partial charge in [-0.1, -0.05) is 54.6 Å². The van der Waals surface area contributed by atoms with Gasteiger partial charge in [-0.15, -0.1) is 0 Å². The number of amides is 1. The van der Waals surface area contributed by atoms with Crippen molar-refractivity contribution < 1.29 is 22.7 Å². The maximum atomic E-state index is 12.6. The van der Waals surface area contributed by atoms with E-state index in [4.69, 9.17) is 4.74 Å². The average Bonchev–Trinajstić information content (AvgIpc) is 2.83. The molecule has 32 heavy (non-hydrogen) atoms. The fourth-order valence-corrected chi connectivity index (χ4v) is 4.04. The first-order chi connectivity index (χ1) is 15.3. The summed E-state index contributed by atoms with van der Waals surface area (Å²) in [5.74, 6) is -1.19. The summed E-state index contributed by atoms with van der Waals surface area (Å²) < 4.78 is 33.1. The van der Waals surface area contributed by atoms with E-state index in [1.807, 2.05) is 24.3 Å². The van der Waals surface area contributed by atoms with Crippen LogP contribution in [-0.2, 0) is 26.1 Å². The zero-order valence-electron chi connectivity index (χ0n) is 17.8. The minimum atomic E-state index is -3.84. The fourth-order valence-electron chi connectivity index (χ4n) is 2.98. The van der Waals surface area contributed by atoms with Gasteiger partial charge in [-0.25, -0.2) is 17.9 Å². The summed E-state index contributed by atoms with van der Waals surface area (Å²) in [4.78, 5) is 26.5. The number of ether oxygens (including phenoxy) is 1. The van der Waals surface area contributed by atoms with Crippen molar-refractivity contribution in [2.24, 2.45) is 0 Å². The molecule has 0 radical (unpaired) electrons. The van der Waals surface area contributed by atoms with Gasteiger partial charge in [-0.3, -0.25) is 4.79 Å². The van der Waals surface area contributed by atoms with E-state index in [1.54, 1.807) is 43.4 Å². The van der Waals surface area contributed by atoms with Gasteiger partial charge < -0.3 is 9.64 Å². The van der Waals surface area contributed by atoms with Crippen LogP contribution < -0.4 is 9.62 Å². The highest BCUT2D eigenvalue weighted by atomic mass is 32.2. The number of sulfonamides is 1. The Labute approximate surface area is 187 Å². The standard InChI is InChI=1S/C24H24N2O5S/c1-18(23(27)26(2)21-13-7-4-8-14-21)31-24(28)20-12-9-15-22(16-20)32(29,30)25-17-19-10-5-3-6-11-19/h3-16,18,25H,17H2,1-2H3/t18-/m0/s1. The SMILES string of the molecule is C[C@H](OC(=O)c1cccc(S(=O)(=O)NCc2ccccc2)c1)C(=O)N(C)c1ccccc1. The van der Waals surface area contributed by atoms with Crippen molar-refractivity contribution in [2.45, 2.75) is 24.5 Å². The van der Waals surface area contributed by atoms with Crippen LogP contribution in [0, 0.1) is 0 Å². The van der Waals surface area contributed by atoms with Crippen molar-refractivity contribution in [3.05, 3.63) is 96.1 Å². The van der Waals surface area contributed by atoms with Gasteiger partial charge in [0.15, 0.2) is 6.10 Å². The summed E-state index contributed by atoms with van der Waals surface area (Å²) in [6, 6.07) is 23.6. The Hall–Kier alpha value is -3.49. The fraction of sp³-hybridized carbons (Fsp3) is 0.167. The number of hydrogen-bond acceptors (Lipinski definition) is 5. The van der Waals surface area contributed by atoms with E-state index in [0.29, 0.717) is 5.69 Å². The zero-order valence-corrected chi connectivity index (χ0v) is 18.6. The Morgan fingerprint density at radius 3 is 2.22 bits per heavy atom. The van der Waals surface area contributed by atoms with Crippen molar-refractivity contribution in [3.63, 3.8) is 0 Å². The quantitative estimate of drug-likeness (QED) is 0.529. The number of nitrogens with zero attached hydrogens (tertiary/aromatic N) is 1. The number of likely N-dealkylation sites (N-methyl/N-ethyl adjacent to an activating group) is 1. The Kier molecular flexibility index (Phi) is 7.40. The second-order valence-corrected chi connectivity index (χ2v) is 8.89. The van der Waals surface area contributed by atoms with E-state index < -0.39 is 28.0 Å². The molecular formula is C24H24N2O5S. The van der Waals surface area contributed by atoms with E-state index in [1.165, 1.54) is 36.1 Å². The van der Waals surface area contributed by atoms with Crippen molar-refractivity contribution in [1.29, 1.82) is 0 Å². The van der Waals surface area contributed by atoms with Crippen LogP contribution in [0.25, 0.3) is 0 Å². The Morgan fingerprint density at radius 2 is 1.56 bits per heavy atom. The van der Waals surface area contributed by atoms with Gasteiger partial charge in [0.25, 0.3) is 5.91 Å². The van der Waals surface area contributed by atoms with Crippen molar-refractivity contribution in [3.8, 4) is 0 Å². The third-order valence-electron chi connectivity index (χ3n) is 4.79. The molecule has 166 valence electrons. The first-order valence-electron chi connectivity index (χ1n) is 9.95. The highest BCUT2D eigenvalue weighted by molar-refractivity contribution is 7.89. The molecule has 0 spiro atoms. The van der Waals surface area contributed by atoms with Crippen molar-refractivity contribution in [2.75, 3.05) is 11.9 Å². The van der Waals surface area contributed by atoms with Crippen LogP contribution in [-0.4, -0.2) is 33.4 Å². The second kappa shape index (κ2) is 10.2. The molecule has 3 aromatic rings. The summed E-state index contributed by atoms with van der Waals surface area (Å²) in [6.07, 6.45) is -1.05. The molecule has 0 saturated heterocycles. The van der Waals surface area contributed by atoms with Gasteiger partial charge >= 0.3 is 5.97 Å². The summed E-state index contributed by atoms with van der Waals surface area (Å²) >= 11 is 0. The normalized spacial score (nSPS) is 12.1. The number of carbonyl (C=O) groups is 2. The van der Waals surface area contributed by atoms with Crippen molar-refractivity contribution >= 4 is 27.6 Å². The molecule has 0 fully saturated rings. The van der Waals surface area contributed by atoms with Crippen LogP contribution in [0.1, 0.15) is 22.8 Å². The van der Waals surface area contributed by atoms with Gasteiger partial charge in [-0.05, 0) is 42.8 Å². The Morgan fingerprint density at radius 1 is 0.938 bits per heavy atom. The third-order valence-corrected chi connectivity index (χ3v) is 6.19. The highest BCUT2D eigenvalue weighted by Crippen LogP contribution is 2.16. The monoisotopic (exact) mass is 452 g/mol. The topological polar surface area (TPSA) is 92.8 Å². The van der Waals surface area contributed by atoms with E-state index in [2.05, 4.69) is 4.72 Å². The van der Waals surface area contributed by atoms with Crippen LogP contribution in [0.3, 0.4) is 0 Å². The predicted octanol–water partition coefficient (Wildman–Crippen LogP) is 3.37. The maximum Gasteiger partial charge on any atom is 0.338 e. The Balaban J connectivity index is 1.67. The van der Waals surface area contributed by atoms with E-state index >= 15 is 0 Å². The molecule has 3 aromatic carbocycles. The van der Waals surface area contributed by atoms with Gasteiger partial charge in [0, 0.05) is 19.3 Å². The van der Waals surface area contributed by atoms with Gasteiger partial charge in [-0.2, -0.15) is 0 Å². The highest BCUT2D eigenvalue weighted by Gasteiger charge is 2.24. The largest absolute Gasteiger partial charge is 0.449 e. The molecule has 0 aromatic heterocycles. The molecule has 1 amide bonds. The molecule has 8 heteroatoms. The molecule has 0 bridgehead atoms. The third kappa shape index (κ3) is 5.81. The molecule has 1 atom stereocenters. The number of para-hydroxylation sites is 1. The maximum absolute atomic E-state index is 12.6. The van der Waals surface area contributed by atoms with E-state index in [-0.39, 0.29) is 17.0 Å². The lowest BCUT2D eigenvalue weighted by Gasteiger charge is -2.21. The van der Waals surface area contributed by atoms with Crippen LogP contribution in [0.5, 0.6) is 0 Å². The molecule has 0 heterocycles. The van der Waals surface area contributed by atoms with Crippen LogP contribution in [0.2, 0.25) is 0 Å². The number of nitrogens with one attached hydrogen (secondary N) is 1. The predicted molar refractivity (Wildman–Crippen MR) is 122 cm³/mol. The smallest absolute Gasteiger partial charge is 0.338 e. The summed E-state index contributed by atoms with van der Waals surface area (Å²) in [5, 5.41) is 0. The second-order valence-electron chi connectivity index (χ2n) is 7.12. The number of esters is 1. The molecule has 3 rings (SSSR count). The van der Waals surface area contributed by atoms with E-state index in [0.717, 1.165) is 5.56 Å². The molecule has 1 N–H and O–H groups in total. The first-order valence-corrected chi connectivity index (χ1v) is 11.4. The molecular weight excluding hydrogens is 428 g/mol. The summed E-state index contributed by atoms with van der Waals surface area (Å²) in [7, 11) is -2.25. The first kappa shape index (κ1) is 23.2. The summed E-state index contributed by atoms with van der Waals surface area (Å²) in [5.41, 5.74) is 1.51. The van der Waals surface area contributed by atoms with E-state index in [9.17, 15) is 18.0 Å². The zero-order chi connectivity index (χ0) is 23.1. The molecule has 7 nitrogen and oxygen atoms in total. The minimum absolute atomic E-state index is 0.0367. The average molecular weight is 453 g/mol. The van der Waals surface area contributed by atoms with Crippen LogP contribution >= 0.6 is 0 Å². The lowest BCUT2D eigenvalue weighted by molar-refractivity contribution is -0.126. The lowest BCUT2D eigenvalue weighted by atomic mass is 10.2. The molecule has 0 saturated carbocycles. The molecule has 0 aliphatic heterocycles. The van der Waals surface area contributed by atoms with Gasteiger partial charge in [0.2, 0.25) is 10.0 Å². The summed E-state index contributed by atoms with van der Waals surface area (Å²) in [6.45, 7) is 1.59. The minimum Gasteiger partial charge on any atom is -0.449 e. The number of hydrogen-bond donors (Lipinski definition) is 1.